The van der Waals surface area contributed by atoms with E-state index in [2.05, 4.69) is 20.9 Å². The fourth-order valence-electron chi connectivity index (χ4n) is 1.95. The maximum Gasteiger partial charge on any atom is 0.219 e. The van der Waals surface area contributed by atoms with Gasteiger partial charge in [-0.1, -0.05) is 0 Å². The molecule has 0 N–H and O–H groups in total. The van der Waals surface area contributed by atoms with Crippen LogP contribution in [0.3, 0.4) is 0 Å². The molecule has 1 unspecified atom stereocenters. The molecule has 0 aliphatic rings. The van der Waals surface area contributed by atoms with E-state index in [4.69, 9.17) is 9.47 Å². The zero-order valence-electron chi connectivity index (χ0n) is 11.0. The van der Waals surface area contributed by atoms with Crippen LogP contribution in [0.2, 0.25) is 0 Å². The highest BCUT2D eigenvalue weighted by molar-refractivity contribution is 9.10. The van der Waals surface area contributed by atoms with Crippen LogP contribution in [0.5, 0.6) is 5.75 Å². The van der Waals surface area contributed by atoms with Gasteiger partial charge in [0.25, 0.3) is 0 Å². The molecule has 19 heavy (non-hydrogen) atoms. The molecule has 5 heteroatoms. The fourth-order valence-corrected chi connectivity index (χ4v) is 2.47. The molecule has 0 aliphatic carbocycles. The molecule has 1 aromatic heterocycles. The summed E-state index contributed by atoms with van der Waals surface area (Å²) in [5.74, 6) is 0.128. The van der Waals surface area contributed by atoms with Crippen LogP contribution < -0.4 is 4.74 Å². The molecule has 2 rings (SSSR count). The molecule has 0 fully saturated rings. The topological polar surface area (TPSA) is 31.4 Å². The number of rotatable bonds is 4. The molecule has 0 amide bonds. The average molecular weight is 328 g/mol. The van der Waals surface area contributed by atoms with Crippen molar-refractivity contribution in [3.05, 3.63) is 34.2 Å². The Bertz CT molecular complexity index is 604. The monoisotopic (exact) mass is 327 g/mol. The SMILES string of the molecule is CCOC(C)c1cc2cc(Br)c(OC)cc2nc1F. The van der Waals surface area contributed by atoms with E-state index in [0.717, 1.165) is 9.86 Å². The maximum absolute atomic E-state index is 14.0. The van der Waals surface area contributed by atoms with Gasteiger partial charge in [-0.3, -0.25) is 0 Å². The summed E-state index contributed by atoms with van der Waals surface area (Å²) >= 11 is 3.41. The van der Waals surface area contributed by atoms with Crippen LogP contribution >= 0.6 is 15.9 Å². The molecule has 102 valence electrons. The van der Waals surface area contributed by atoms with Gasteiger partial charge in [-0.2, -0.15) is 4.39 Å². The highest BCUT2D eigenvalue weighted by Crippen LogP contribution is 2.31. The summed E-state index contributed by atoms with van der Waals surface area (Å²) in [5, 5.41) is 0.843. The lowest BCUT2D eigenvalue weighted by Gasteiger charge is -2.14. The Balaban J connectivity index is 2.56. The standard InChI is InChI=1S/C14H15BrFNO2/c1-4-19-8(2)10-5-9-6-11(15)13(18-3)7-12(9)17-14(10)16/h5-8H,4H2,1-3H3. The summed E-state index contributed by atoms with van der Waals surface area (Å²) in [7, 11) is 1.56. The highest BCUT2D eigenvalue weighted by Gasteiger charge is 2.15. The normalized spacial score (nSPS) is 12.7. The number of hydrogen-bond acceptors (Lipinski definition) is 3. The third-order valence-corrected chi connectivity index (χ3v) is 3.54. The van der Waals surface area contributed by atoms with Gasteiger partial charge in [0.05, 0.1) is 23.2 Å². The van der Waals surface area contributed by atoms with Crippen molar-refractivity contribution in [3.8, 4) is 5.75 Å². The molecule has 0 aliphatic heterocycles. The number of fused-ring (bicyclic) bond motifs is 1. The van der Waals surface area contributed by atoms with E-state index in [1.54, 1.807) is 19.2 Å². The van der Waals surface area contributed by atoms with Crippen LogP contribution in [0.25, 0.3) is 10.9 Å². The molecule has 1 atom stereocenters. The molecule has 1 heterocycles. The minimum Gasteiger partial charge on any atom is -0.495 e. The van der Waals surface area contributed by atoms with E-state index < -0.39 is 5.95 Å². The highest BCUT2D eigenvalue weighted by atomic mass is 79.9. The molecule has 0 spiro atoms. The van der Waals surface area contributed by atoms with Gasteiger partial charge in [0.2, 0.25) is 5.95 Å². The summed E-state index contributed by atoms with van der Waals surface area (Å²) in [5.41, 5.74) is 1.02. The smallest absolute Gasteiger partial charge is 0.219 e. The van der Waals surface area contributed by atoms with E-state index in [0.29, 0.717) is 23.4 Å². The van der Waals surface area contributed by atoms with Crippen molar-refractivity contribution in [1.82, 2.24) is 4.98 Å². The summed E-state index contributed by atoms with van der Waals surface area (Å²) in [4.78, 5) is 3.98. The van der Waals surface area contributed by atoms with Gasteiger partial charge in [-0.15, -0.1) is 0 Å². The first-order chi connectivity index (χ1) is 9.06. The first-order valence-electron chi connectivity index (χ1n) is 6.02. The Hall–Kier alpha value is -1.20. The molecule has 0 radical (unpaired) electrons. The number of halogens is 2. The number of ether oxygens (including phenoxy) is 2. The number of methoxy groups -OCH3 is 1. The van der Waals surface area contributed by atoms with Gasteiger partial charge in [-0.25, -0.2) is 4.98 Å². The number of hydrogen-bond donors (Lipinski definition) is 0. The zero-order valence-corrected chi connectivity index (χ0v) is 12.6. The molecule has 0 saturated carbocycles. The second-order valence-electron chi connectivity index (χ2n) is 4.15. The fraction of sp³-hybridized carbons (Fsp3) is 0.357. The van der Waals surface area contributed by atoms with Gasteiger partial charge in [0, 0.05) is 23.6 Å². The largest absolute Gasteiger partial charge is 0.495 e. The van der Waals surface area contributed by atoms with Gasteiger partial charge >= 0.3 is 0 Å². The lowest BCUT2D eigenvalue weighted by Crippen LogP contribution is -2.04. The van der Waals surface area contributed by atoms with Gasteiger partial charge in [0.15, 0.2) is 0 Å². The third kappa shape index (κ3) is 2.87. The van der Waals surface area contributed by atoms with Crippen molar-refractivity contribution in [2.75, 3.05) is 13.7 Å². The summed E-state index contributed by atoms with van der Waals surface area (Å²) < 4.78 is 25.4. The second-order valence-corrected chi connectivity index (χ2v) is 5.00. The maximum atomic E-state index is 14.0. The lowest BCUT2D eigenvalue weighted by atomic mass is 10.1. The molecule has 0 saturated heterocycles. The summed E-state index contributed by atoms with van der Waals surface area (Å²) in [6, 6.07) is 5.34. The second kappa shape index (κ2) is 5.84. The molecular formula is C14H15BrFNO2. The van der Waals surface area contributed by atoms with E-state index in [1.165, 1.54) is 0 Å². The van der Waals surface area contributed by atoms with Crippen molar-refractivity contribution in [1.29, 1.82) is 0 Å². The molecule has 3 nitrogen and oxygen atoms in total. The van der Waals surface area contributed by atoms with Crippen LogP contribution in [-0.4, -0.2) is 18.7 Å². The first kappa shape index (κ1) is 14.2. The Kier molecular flexibility index (Phi) is 4.37. The minimum absolute atomic E-state index is 0.317. The van der Waals surface area contributed by atoms with E-state index in [1.807, 2.05) is 19.9 Å². The van der Waals surface area contributed by atoms with Crippen molar-refractivity contribution < 1.29 is 13.9 Å². The van der Waals surface area contributed by atoms with Crippen LogP contribution in [0.4, 0.5) is 4.39 Å². The average Bonchev–Trinajstić information content (AvgIpc) is 2.38. The van der Waals surface area contributed by atoms with Gasteiger partial charge < -0.3 is 9.47 Å². The number of benzene rings is 1. The Morgan fingerprint density at radius 1 is 1.37 bits per heavy atom. The lowest BCUT2D eigenvalue weighted by molar-refractivity contribution is 0.0734. The van der Waals surface area contributed by atoms with E-state index in [9.17, 15) is 4.39 Å². The van der Waals surface area contributed by atoms with Crippen molar-refractivity contribution in [3.63, 3.8) is 0 Å². The van der Waals surface area contributed by atoms with Crippen LogP contribution in [0, 0.1) is 5.95 Å². The minimum atomic E-state index is -0.502. The van der Waals surface area contributed by atoms with Crippen LogP contribution in [0.15, 0.2) is 22.7 Å². The Morgan fingerprint density at radius 3 is 2.74 bits per heavy atom. The van der Waals surface area contributed by atoms with Crippen molar-refractivity contribution in [2.45, 2.75) is 20.0 Å². The van der Waals surface area contributed by atoms with Gasteiger partial charge in [0.1, 0.15) is 5.75 Å². The molecular weight excluding hydrogens is 313 g/mol. The number of pyridine rings is 1. The van der Waals surface area contributed by atoms with E-state index in [-0.39, 0.29) is 6.10 Å². The predicted octanol–water partition coefficient (Wildman–Crippen LogP) is 4.24. The molecule has 2 aromatic rings. The van der Waals surface area contributed by atoms with E-state index >= 15 is 0 Å². The molecule has 0 bridgehead atoms. The van der Waals surface area contributed by atoms with Crippen molar-refractivity contribution in [2.24, 2.45) is 0 Å². The first-order valence-corrected chi connectivity index (χ1v) is 6.81. The third-order valence-electron chi connectivity index (χ3n) is 2.92. The summed E-state index contributed by atoms with van der Waals surface area (Å²) in [6.07, 6.45) is -0.317. The quantitative estimate of drug-likeness (QED) is 0.787. The van der Waals surface area contributed by atoms with Crippen LogP contribution in [-0.2, 0) is 4.74 Å². The number of aromatic nitrogens is 1. The van der Waals surface area contributed by atoms with Crippen molar-refractivity contribution >= 4 is 26.8 Å². The Morgan fingerprint density at radius 2 is 2.11 bits per heavy atom. The van der Waals surface area contributed by atoms with Crippen LogP contribution in [0.1, 0.15) is 25.5 Å². The Labute approximate surface area is 119 Å². The molecule has 1 aromatic carbocycles. The van der Waals surface area contributed by atoms with Gasteiger partial charge in [-0.05, 0) is 41.9 Å². The predicted molar refractivity (Wildman–Crippen MR) is 76.0 cm³/mol. The number of nitrogens with zero attached hydrogens (tertiary/aromatic N) is 1. The zero-order chi connectivity index (χ0) is 14.0. The summed E-state index contributed by atoms with van der Waals surface area (Å²) in [6.45, 7) is 4.23.